The third-order valence-corrected chi connectivity index (χ3v) is 6.07. The second-order valence-corrected chi connectivity index (χ2v) is 7.13. The SMILES string of the molecule is CCC1CCC(NC(=O)C2(C(N)=S)CCCCC2)C1C. The van der Waals surface area contributed by atoms with Gasteiger partial charge in [0.15, 0.2) is 0 Å². The van der Waals surface area contributed by atoms with E-state index in [1.54, 1.807) is 0 Å². The second kappa shape index (κ2) is 6.42. The molecule has 3 unspecified atom stereocenters. The van der Waals surface area contributed by atoms with Crippen molar-refractivity contribution in [3.8, 4) is 0 Å². The quantitative estimate of drug-likeness (QED) is 0.784. The van der Waals surface area contributed by atoms with Gasteiger partial charge in [-0.05, 0) is 37.5 Å². The van der Waals surface area contributed by atoms with E-state index in [2.05, 4.69) is 19.2 Å². The molecule has 2 fully saturated rings. The average Bonchev–Trinajstić information content (AvgIpc) is 2.80. The van der Waals surface area contributed by atoms with Crippen molar-refractivity contribution in [2.24, 2.45) is 23.0 Å². The van der Waals surface area contributed by atoms with Crippen LogP contribution < -0.4 is 11.1 Å². The van der Waals surface area contributed by atoms with Crippen LogP contribution in [0.25, 0.3) is 0 Å². The van der Waals surface area contributed by atoms with Gasteiger partial charge in [-0.1, -0.05) is 51.7 Å². The molecule has 0 aliphatic heterocycles. The van der Waals surface area contributed by atoms with Crippen molar-refractivity contribution in [2.75, 3.05) is 0 Å². The summed E-state index contributed by atoms with van der Waals surface area (Å²) in [6.45, 7) is 4.50. The number of amides is 1. The van der Waals surface area contributed by atoms with Gasteiger partial charge in [-0.2, -0.15) is 0 Å². The van der Waals surface area contributed by atoms with E-state index in [-0.39, 0.29) is 5.91 Å². The minimum Gasteiger partial charge on any atom is -0.392 e. The van der Waals surface area contributed by atoms with E-state index in [0.29, 0.717) is 16.9 Å². The number of rotatable bonds is 4. The summed E-state index contributed by atoms with van der Waals surface area (Å²) in [5.74, 6) is 1.40. The van der Waals surface area contributed by atoms with Gasteiger partial charge in [0.1, 0.15) is 0 Å². The van der Waals surface area contributed by atoms with Crippen LogP contribution >= 0.6 is 12.2 Å². The van der Waals surface area contributed by atoms with Crippen LogP contribution in [-0.2, 0) is 4.79 Å². The van der Waals surface area contributed by atoms with Crippen molar-refractivity contribution in [1.82, 2.24) is 5.32 Å². The maximum Gasteiger partial charge on any atom is 0.233 e. The number of thiocarbonyl (C=S) groups is 1. The Morgan fingerprint density at radius 1 is 1.30 bits per heavy atom. The highest BCUT2D eigenvalue weighted by molar-refractivity contribution is 7.80. The van der Waals surface area contributed by atoms with Crippen LogP contribution in [0.1, 0.15) is 65.2 Å². The summed E-state index contributed by atoms with van der Waals surface area (Å²) in [5, 5.41) is 3.28. The maximum atomic E-state index is 12.8. The molecule has 3 N–H and O–H groups in total. The van der Waals surface area contributed by atoms with E-state index >= 15 is 0 Å². The van der Waals surface area contributed by atoms with E-state index < -0.39 is 5.41 Å². The Balaban J connectivity index is 2.04. The van der Waals surface area contributed by atoms with Crippen molar-refractivity contribution < 1.29 is 4.79 Å². The van der Waals surface area contributed by atoms with E-state index in [0.717, 1.165) is 38.0 Å². The highest BCUT2D eigenvalue weighted by atomic mass is 32.1. The Labute approximate surface area is 128 Å². The molecule has 1 amide bonds. The molecule has 4 heteroatoms. The number of carbonyl (C=O) groups excluding carboxylic acids is 1. The zero-order valence-electron chi connectivity index (χ0n) is 12.8. The molecule has 2 aliphatic rings. The molecule has 0 aromatic carbocycles. The van der Waals surface area contributed by atoms with Gasteiger partial charge in [0.05, 0.1) is 10.4 Å². The number of nitrogens with one attached hydrogen (secondary N) is 1. The van der Waals surface area contributed by atoms with E-state index in [4.69, 9.17) is 18.0 Å². The van der Waals surface area contributed by atoms with Crippen LogP contribution in [0.3, 0.4) is 0 Å². The molecule has 0 heterocycles. The largest absolute Gasteiger partial charge is 0.392 e. The summed E-state index contributed by atoms with van der Waals surface area (Å²) < 4.78 is 0. The van der Waals surface area contributed by atoms with Gasteiger partial charge in [0, 0.05) is 6.04 Å². The summed E-state index contributed by atoms with van der Waals surface area (Å²) in [6.07, 6.45) is 8.48. The molecule has 2 rings (SSSR count). The molecule has 0 radical (unpaired) electrons. The summed E-state index contributed by atoms with van der Waals surface area (Å²) in [6, 6.07) is 0.306. The van der Waals surface area contributed by atoms with E-state index in [1.807, 2.05) is 0 Å². The number of carbonyl (C=O) groups is 1. The normalized spacial score (nSPS) is 32.8. The molecule has 3 atom stereocenters. The molecule has 20 heavy (non-hydrogen) atoms. The number of hydrogen-bond acceptors (Lipinski definition) is 2. The first kappa shape index (κ1) is 15.7. The van der Waals surface area contributed by atoms with Crippen molar-refractivity contribution in [3.63, 3.8) is 0 Å². The van der Waals surface area contributed by atoms with Gasteiger partial charge in [-0.3, -0.25) is 4.79 Å². The highest BCUT2D eigenvalue weighted by Crippen LogP contribution is 2.39. The minimum atomic E-state index is -0.572. The lowest BCUT2D eigenvalue weighted by atomic mass is 9.73. The number of nitrogens with two attached hydrogens (primary N) is 1. The zero-order valence-corrected chi connectivity index (χ0v) is 13.6. The summed E-state index contributed by atoms with van der Waals surface area (Å²) in [7, 11) is 0. The maximum absolute atomic E-state index is 12.8. The first-order valence-electron chi connectivity index (χ1n) is 8.12. The first-order chi connectivity index (χ1) is 9.51. The predicted octanol–water partition coefficient (Wildman–Crippen LogP) is 3.16. The van der Waals surface area contributed by atoms with E-state index in [9.17, 15) is 4.79 Å². The lowest BCUT2D eigenvalue weighted by Crippen LogP contribution is -2.53. The average molecular weight is 296 g/mol. The minimum absolute atomic E-state index is 0.0957. The summed E-state index contributed by atoms with van der Waals surface area (Å²) in [4.78, 5) is 13.2. The number of hydrogen-bond donors (Lipinski definition) is 2. The van der Waals surface area contributed by atoms with Crippen molar-refractivity contribution >= 4 is 23.1 Å². The zero-order chi connectivity index (χ0) is 14.8. The molecular weight excluding hydrogens is 268 g/mol. The molecule has 2 saturated carbocycles. The fourth-order valence-corrected chi connectivity index (χ4v) is 4.37. The monoisotopic (exact) mass is 296 g/mol. The smallest absolute Gasteiger partial charge is 0.233 e. The van der Waals surface area contributed by atoms with Gasteiger partial charge in [-0.15, -0.1) is 0 Å². The fraction of sp³-hybridized carbons (Fsp3) is 0.875. The van der Waals surface area contributed by atoms with Crippen LogP contribution in [0, 0.1) is 17.3 Å². The van der Waals surface area contributed by atoms with Gasteiger partial charge >= 0.3 is 0 Å². The Hall–Kier alpha value is -0.640. The molecule has 0 bridgehead atoms. The van der Waals surface area contributed by atoms with Crippen molar-refractivity contribution in [2.45, 2.75) is 71.3 Å². The van der Waals surface area contributed by atoms with Gasteiger partial charge in [0.2, 0.25) is 5.91 Å². The Bertz CT molecular complexity index is 377. The van der Waals surface area contributed by atoms with E-state index in [1.165, 1.54) is 19.3 Å². The molecule has 0 aromatic heterocycles. The highest BCUT2D eigenvalue weighted by Gasteiger charge is 2.44. The summed E-state index contributed by atoms with van der Waals surface area (Å²) in [5.41, 5.74) is 5.36. The van der Waals surface area contributed by atoms with Gasteiger partial charge in [-0.25, -0.2) is 0 Å². The fourth-order valence-electron chi connectivity index (χ4n) is 4.07. The lowest BCUT2D eigenvalue weighted by Gasteiger charge is -2.36. The first-order valence-corrected chi connectivity index (χ1v) is 8.53. The standard InChI is InChI=1S/C16H28N2OS/c1-3-12-7-8-13(11(12)2)18-15(19)16(14(17)20)9-5-4-6-10-16/h11-13H,3-10H2,1-2H3,(H2,17,20)(H,18,19). The van der Waals surface area contributed by atoms with Crippen LogP contribution in [-0.4, -0.2) is 16.9 Å². The Kier molecular flexibility index (Phi) is 5.05. The lowest BCUT2D eigenvalue weighted by molar-refractivity contribution is -0.129. The second-order valence-electron chi connectivity index (χ2n) is 6.69. The molecule has 3 nitrogen and oxygen atoms in total. The summed E-state index contributed by atoms with van der Waals surface area (Å²) >= 11 is 5.24. The Morgan fingerprint density at radius 3 is 2.45 bits per heavy atom. The van der Waals surface area contributed by atoms with Crippen LogP contribution in [0.4, 0.5) is 0 Å². The molecule has 0 aromatic rings. The molecular formula is C16H28N2OS. The van der Waals surface area contributed by atoms with Crippen LogP contribution in [0.15, 0.2) is 0 Å². The third kappa shape index (κ3) is 2.85. The van der Waals surface area contributed by atoms with Gasteiger partial charge in [0.25, 0.3) is 0 Å². The molecule has 0 spiro atoms. The van der Waals surface area contributed by atoms with Crippen LogP contribution in [0.5, 0.6) is 0 Å². The topological polar surface area (TPSA) is 55.1 Å². The van der Waals surface area contributed by atoms with Crippen molar-refractivity contribution in [1.29, 1.82) is 0 Å². The third-order valence-electron chi connectivity index (χ3n) is 5.68. The van der Waals surface area contributed by atoms with Gasteiger partial charge < -0.3 is 11.1 Å². The Morgan fingerprint density at radius 2 is 1.95 bits per heavy atom. The van der Waals surface area contributed by atoms with Crippen molar-refractivity contribution in [3.05, 3.63) is 0 Å². The molecule has 114 valence electrons. The van der Waals surface area contributed by atoms with Crippen LogP contribution in [0.2, 0.25) is 0 Å². The molecule has 0 saturated heterocycles. The molecule has 2 aliphatic carbocycles. The predicted molar refractivity (Wildman–Crippen MR) is 86.4 cm³/mol.